The number of carbonyl (C=O) groups excluding carboxylic acids is 1. The number of hydrogen-bond donors (Lipinski definition) is 2. The number of aliphatic hydroxyl groups is 1. The van der Waals surface area contributed by atoms with Crippen LogP contribution in [-0.4, -0.2) is 54.3 Å². The molecule has 8 heteroatoms. The lowest BCUT2D eigenvalue weighted by Gasteiger charge is -2.42. The first kappa shape index (κ1) is 20.0. The number of carbonyl (C=O) groups is 1. The van der Waals surface area contributed by atoms with Gasteiger partial charge in [0.1, 0.15) is 11.5 Å². The van der Waals surface area contributed by atoms with E-state index in [4.69, 9.17) is 5.73 Å². The Hall–Kier alpha value is -2.35. The summed E-state index contributed by atoms with van der Waals surface area (Å²) in [6.45, 7) is 0.300. The number of amides is 1. The van der Waals surface area contributed by atoms with Crippen LogP contribution in [0.1, 0.15) is 18.9 Å². The summed E-state index contributed by atoms with van der Waals surface area (Å²) in [6.07, 6.45) is 0.910. The van der Waals surface area contributed by atoms with Gasteiger partial charge in [0.05, 0.1) is 19.2 Å². The van der Waals surface area contributed by atoms with E-state index in [-0.39, 0.29) is 11.3 Å². The van der Waals surface area contributed by atoms with E-state index in [1.54, 1.807) is 6.92 Å². The number of allylic oxidation sites excluding steroid dienone is 1. The maximum absolute atomic E-state index is 14.0. The molecule has 0 aromatic heterocycles. The van der Waals surface area contributed by atoms with Crippen molar-refractivity contribution in [2.24, 2.45) is 16.6 Å². The highest BCUT2D eigenvalue weighted by molar-refractivity contribution is 6.18. The van der Waals surface area contributed by atoms with Crippen LogP contribution in [0.4, 0.5) is 13.2 Å². The third-order valence-corrected chi connectivity index (χ3v) is 4.46. The minimum atomic E-state index is -3.06. The second-order valence-corrected chi connectivity index (χ2v) is 6.44. The van der Waals surface area contributed by atoms with Crippen molar-refractivity contribution >= 4 is 17.7 Å². The van der Waals surface area contributed by atoms with Crippen molar-refractivity contribution in [3.05, 3.63) is 41.3 Å². The van der Waals surface area contributed by atoms with E-state index in [1.165, 1.54) is 37.5 Å². The summed E-state index contributed by atoms with van der Waals surface area (Å²) in [5, 5.41) is 9.56. The molecule has 1 saturated heterocycles. The maximum atomic E-state index is 14.0. The first-order valence-corrected chi connectivity index (χ1v) is 8.17. The first-order valence-electron chi connectivity index (χ1n) is 8.17. The van der Waals surface area contributed by atoms with Crippen LogP contribution in [0.15, 0.2) is 35.0 Å². The number of piperidine rings is 1. The molecule has 1 fully saturated rings. The lowest BCUT2D eigenvalue weighted by molar-refractivity contribution is -0.151. The monoisotopic (exact) mass is 369 g/mol. The van der Waals surface area contributed by atoms with Crippen molar-refractivity contribution in [2.45, 2.75) is 25.3 Å². The molecule has 0 saturated carbocycles. The van der Waals surface area contributed by atoms with Gasteiger partial charge in [-0.2, -0.15) is 0 Å². The number of rotatable bonds is 4. The van der Waals surface area contributed by atoms with Crippen LogP contribution in [0.25, 0.3) is 5.57 Å². The lowest BCUT2D eigenvalue weighted by atomic mass is 9.88. The predicted octanol–water partition coefficient (Wildman–Crippen LogP) is 2.06. The van der Waals surface area contributed by atoms with E-state index in [1.807, 2.05) is 0 Å². The fourth-order valence-electron chi connectivity index (χ4n) is 3.17. The Balaban J connectivity index is 2.45. The number of benzene rings is 1. The van der Waals surface area contributed by atoms with Crippen molar-refractivity contribution in [1.29, 1.82) is 0 Å². The van der Waals surface area contributed by atoms with Crippen LogP contribution < -0.4 is 5.73 Å². The molecule has 1 amide bonds. The molecule has 2 rings (SSSR count). The van der Waals surface area contributed by atoms with Crippen molar-refractivity contribution < 1.29 is 23.1 Å². The topological polar surface area (TPSA) is 78.9 Å². The number of nitrogens with zero attached hydrogens (tertiary/aromatic N) is 2. The zero-order valence-electron chi connectivity index (χ0n) is 14.6. The molecule has 1 aromatic rings. The van der Waals surface area contributed by atoms with Gasteiger partial charge in [0.25, 0.3) is 11.8 Å². The molecule has 142 valence electrons. The second kappa shape index (κ2) is 7.90. The Morgan fingerprint density at radius 3 is 2.58 bits per heavy atom. The third-order valence-electron chi connectivity index (χ3n) is 4.46. The molecule has 5 nitrogen and oxygen atoms in total. The summed E-state index contributed by atoms with van der Waals surface area (Å²) in [6, 6.07) is 4.48. The average molecular weight is 369 g/mol. The minimum absolute atomic E-state index is 0.204. The van der Waals surface area contributed by atoms with E-state index >= 15 is 0 Å². The van der Waals surface area contributed by atoms with Crippen LogP contribution >= 0.6 is 0 Å². The van der Waals surface area contributed by atoms with Gasteiger partial charge in [-0.3, -0.25) is 9.79 Å². The van der Waals surface area contributed by atoms with Crippen molar-refractivity contribution in [3.8, 4) is 0 Å². The fraction of sp³-hybridized carbons (Fsp3) is 0.444. The summed E-state index contributed by atoms with van der Waals surface area (Å²) < 4.78 is 41.1. The molecule has 1 aromatic carbocycles. The average Bonchev–Trinajstić information content (AvgIpc) is 2.58. The smallest absolute Gasteiger partial charge is 0.270 e. The van der Waals surface area contributed by atoms with E-state index in [0.717, 1.165) is 4.90 Å². The largest absolute Gasteiger partial charge is 0.394 e. The molecule has 1 aliphatic rings. The van der Waals surface area contributed by atoms with Gasteiger partial charge in [0.2, 0.25) is 0 Å². The van der Waals surface area contributed by atoms with Gasteiger partial charge in [-0.1, -0.05) is 19.1 Å². The van der Waals surface area contributed by atoms with Gasteiger partial charge >= 0.3 is 0 Å². The van der Waals surface area contributed by atoms with Gasteiger partial charge in [-0.05, 0) is 23.6 Å². The number of aliphatic imine (C=N–C) groups is 1. The summed E-state index contributed by atoms with van der Waals surface area (Å²) >= 11 is 0. The Morgan fingerprint density at radius 1 is 1.42 bits per heavy atom. The van der Waals surface area contributed by atoms with Crippen LogP contribution in [0.5, 0.6) is 0 Å². The van der Waals surface area contributed by atoms with Gasteiger partial charge < -0.3 is 15.7 Å². The molecule has 2 atom stereocenters. The highest BCUT2D eigenvalue weighted by Gasteiger charge is 2.46. The maximum Gasteiger partial charge on any atom is 0.270 e. The molecule has 2 unspecified atom stereocenters. The normalized spacial score (nSPS) is 23.8. The number of alkyl halides is 2. The SMILES string of the molecule is CN=CC(=C(N)C(=O)N1CC(F)(F)CC(C)C1CO)c1ccc(F)cc1. The van der Waals surface area contributed by atoms with Crippen LogP contribution in [0.2, 0.25) is 0 Å². The van der Waals surface area contributed by atoms with E-state index in [9.17, 15) is 23.1 Å². The Bertz CT molecular complexity index is 717. The van der Waals surface area contributed by atoms with Crippen molar-refractivity contribution in [1.82, 2.24) is 4.90 Å². The molecular formula is C18H22F3N3O2. The van der Waals surface area contributed by atoms with Crippen LogP contribution in [0, 0.1) is 11.7 Å². The summed E-state index contributed by atoms with van der Waals surface area (Å²) in [4.78, 5) is 17.6. The van der Waals surface area contributed by atoms with E-state index in [0.29, 0.717) is 5.56 Å². The fourth-order valence-corrected chi connectivity index (χ4v) is 3.17. The molecule has 0 radical (unpaired) electrons. The van der Waals surface area contributed by atoms with Gasteiger partial charge in [-0.15, -0.1) is 0 Å². The van der Waals surface area contributed by atoms with E-state index < -0.39 is 49.2 Å². The predicted molar refractivity (Wildman–Crippen MR) is 93.2 cm³/mol. The molecule has 26 heavy (non-hydrogen) atoms. The Kier molecular flexibility index (Phi) is 6.07. The molecule has 1 aliphatic heterocycles. The summed E-state index contributed by atoms with van der Waals surface area (Å²) in [7, 11) is 1.47. The van der Waals surface area contributed by atoms with Gasteiger partial charge in [0.15, 0.2) is 0 Å². The number of likely N-dealkylation sites (tertiary alicyclic amines) is 1. The summed E-state index contributed by atoms with van der Waals surface area (Å²) in [5.74, 6) is -4.92. The molecular weight excluding hydrogens is 347 g/mol. The molecule has 0 bridgehead atoms. The Labute approximate surface area is 150 Å². The lowest BCUT2D eigenvalue weighted by Crippen LogP contribution is -2.57. The van der Waals surface area contributed by atoms with Gasteiger partial charge in [-0.25, -0.2) is 13.2 Å². The molecule has 0 spiro atoms. The highest BCUT2D eigenvalue weighted by atomic mass is 19.3. The number of halogens is 3. The molecule has 1 heterocycles. The van der Waals surface area contributed by atoms with Crippen LogP contribution in [0.3, 0.4) is 0 Å². The highest BCUT2D eigenvalue weighted by Crippen LogP contribution is 2.35. The standard InChI is InChI=1S/C18H22F3N3O2/c1-11-7-18(20,21)10-24(15(11)9-25)17(26)16(22)14(8-23-2)12-3-5-13(19)6-4-12/h3-6,8,11,15,25H,7,9-10,22H2,1-2H3. The van der Waals surface area contributed by atoms with Crippen molar-refractivity contribution in [3.63, 3.8) is 0 Å². The minimum Gasteiger partial charge on any atom is -0.394 e. The number of aliphatic hydroxyl groups excluding tert-OH is 1. The first-order chi connectivity index (χ1) is 12.2. The Morgan fingerprint density at radius 2 is 2.04 bits per heavy atom. The second-order valence-electron chi connectivity index (χ2n) is 6.44. The number of hydrogen-bond acceptors (Lipinski definition) is 4. The third kappa shape index (κ3) is 4.24. The zero-order chi connectivity index (χ0) is 19.5. The van der Waals surface area contributed by atoms with Gasteiger partial charge in [0, 0.05) is 25.3 Å². The number of nitrogens with two attached hydrogens (primary N) is 1. The zero-order valence-corrected chi connectivity index (χ0v) is 14.6. The quantitative estimate of drug-likeness (QED) is 0.630. The summed E-state index contributed by atoms with van der Waals surface area (Å²) in [5.41, 5.74) is 6.32. The molecule has 3 N–H and O–H groups in total. The van der Waals surface area contributed by atoms with Crippen LogP contribution in [-0.2, 0) is 4.79 Å². The van der Waals surface area contributed by atoms with E-state index in [2.05, 4.69) is 4.99 Å². The molecule has 0 aliphatic carbocycles. The van der Waals surface area contributed by atoms with Crippen molar-refractivity contribution in [2.75, 3.05) is 20.2 Å².